The van der Waals surface area contributed by atoms with Crippen molar-refractivity contribution in [2.24, 2.45) is 0 Å². The summed E-state index contributed by atoms with van der Waals surface area (Å²) in [5.41, 5.74) is 4.43. The van der Waals surface area contributed by atoms with Gasteiger partial charge in [0, 0.05) is 18.4 Å². The van der Waals surface area contributed by atoms with Crippen LogP contribution in [0.1, 0.15) is 33.0 Å². The van der Waals surface area contributed by atoms with Gasteiger partial charge in [0.2, 0.25) is 0 Å². The Labute approximate surface area is 141 Å². The molecule has 5 nitrogen and oxygen atoms in total. The fourth-order valence-corrected chi connectivity index (χ4v) is 2.57. The molecule has 2 heterocycles. The number of carbonyl (C=O) groups is 1. The van der Waals surface area contributed by atoms with Crippen LogP contribution in [0.5, 0.6) is 0 Å². The van der Waals surface area contributed by atoms with Gasteiger partial charge in [0.05, 0.1) is 12.2 Å². The van der Waals surface area contributed by atoms with E-state index in [9.17, 15) is 4.79 Å². The Morgan fingerprint density at radius 2 is 1.88 bits per heavy atom. The normalized spacial score (nSPS) is 10.6. The highest BCUT2D eigenvalue weighted by Gasteiger charge is 2.20. The number of H-pyrrole nitrogens is 1. The predicted octanol–water partition coefficient (Wildman–Crippen LogP) is 3.26. The summed E-state index contributed by atoms with van der Waals surface area (Å²) in [4.78, 5) is 19.0. The summed E-state index contributed by atoms with van der Waals surface area (Å²) >= 11 is 0. The van der Waals surface area contributed by atoms with Gasteiger partial charge in [-0.1, -0.05) is 30.3 Å². The van der Waals surface area contributed by atoms with E-state index in [1.54, 1.807) is 17.2 Å². The summed E-state index contributed by atoms with van der Waals surface area (Å²) < 4.78 is 0. The molecule has 3 rings (SSSR count). The lowest BCUT2D eigenvalue weighted by Gasteiger charge is -2.22. The fourth-order valence-electron chi connectivity index (χ4n) is 2.57. The average molecular weight is 320 g/mol. The Kier molecular flexibility index (Phi) is 4.70. The summed E-state index contributed by atoms with van der Waals surface area (Å²) in [7, 11) is 0. The Hall–Kier alpha value is -2.95. The van der Waals surface area contributed by atoms with Crippen LogP contribution >= 0.6 is 0 Å². The second-order valence-electron chi connectivity index (χ2n) is 5.84. The first-order valence-corrected chi connectivity index (χ1v) is 7.89. The average Bonchev–Trinajstić information content (AvgIpc) is 3.03. The first-order chi connectivity index (χ1) is 11.6. The van der Waals surface area contributed by atoms with E-state index in [-0.39, 0.29) is 5.91 Å². The lowest BCUT2D eigenvalue weighted by atomic mass is 10.1. The molecule has 2 aromatic heterocycles. The van der Waals surface area contributed by atoms with Gasteiger partial charge in [-0.2, -0.15) is 5.10 Å². The van der Waals surface area contributed by atoms with Crippen molar-refractivity contribution in [1.29, 1.82) is 0 Å². The third-order valence-corrected chi connectivity index (χ3v) is 3.91. The zero-order chi connectivity index (χ0) is 16.9. The Balaban J connectivity index is 1.88. The van der Waals surface area contributed by atoms with Gasteiger partial charge in [-0.3, -0.25) is 14.9 Å². The van der Waals surface area contributed by atoms with Crippen LogP contribution in [0.2, 0.25) is 0 Å². The first-order valence-electron chi connectivity index (χ1n) is 7.89. The number of amides is 1. The van der Waals surface area contributed by atoms with E-state index in [0.29, 0.717) is 18.8 Å². The molecule has 0 bridgehead atoms. The van der Waals surface area contributed by atoms with E-state index in [4.69, 9.17) is 0 Å². The van der Waals surface area contributed by atoms with Crippen LogP contribution in [0.15, 0.2) is 54.7 Å². The first kappa shape index (κ1) is 15.9. The summed E-state index contributed by atoms with van der Waals surface area (Å²) in [6, 6.07) is 15.6. The molecule has 0 spiro atoms. The van der Waals surface area contributed by atoms with Crippen molar-refractivity contribution < 1.29 is 4.79 Å². The van der Waals surface area contributed by atoms with E-state index in [1.165, 1.54) is 0 Å². The largest absolute Gasteiger partial charge is 0.327 e. The Morgan fingerprint density at radius 1 is 1.08 bits per heavy atom. The number of nitrogens with zero attached hydrogens (tertiary/aromatic N) is 3. The topological polar surface area (TPSA) is 61.9 Å². The molecule has 24 heavy (non-hydrogen) atoms. The van der Waals surface area contributed by atoms with Crippen LogP contribution in [0.4, 0.5) is 0 Å². The third kappa shape index (κ3) is 3.68. The lowest BCUT2D eigenvalue weighted by Crippen LogP contribution is -2.31. The van der Waals surface area contributed by atoms with Crippen molar-refractivity contribution in [3.8, 4) is 0 Å². The molecule has 1 aromatic carbocycles. The summed E-state index contributed by atoms with van der Waals surface area (Å²) in [6.45, 7) is 4.90. The van der Waals surface area contributed by atoms with Gasteiger partial charge < -0.3 is 4.90 Å². The SMILES string of the molecule is Cc1cc(C(=O)N(Cc2ccccn2)Cc2ccccc2C)n[nH]1. The molecule has 122 valence electrons. The van der Waals surface area contributed by atoms with Crippen molar-refractivity contribution in [1.82, 2.24) is 20.1 Å². The number of rotatable bonds is 5. The maximum Gasteiger partial charge on any atom is 0.275 e. The molecule has 0 atom stereocenters. The zero-order valence-electron chi connectivity index (χ0n) is 13.9. The molecule has 0 aliphatic heterocycles. The highest BCUT2D eigenvalue weighted by atomic mass is 16.2. The Morgan fingerprint density at radius 3 is 2.54 bits per heavy atom. The van der Waals surface area contributed by atoms with E-state index in [0.717, 1.165) is 22.5 Å². The maximum absolute atomic E-state index is 12.9. The van der Waals surface area contributed by atoms with Crippen LogP contribution in [0, 0.1) is 13.8 Å². The monoisotopic (exact) mass is 320 g/mol. The van der Waals surface area contributed by atoms with Crippen molar-refractivity contribution in [3.05, 3.63) is 82.9 Å². The van der Waals surface area contributed by atoms with E-state index >= 15 is 0 Å². The van der Waals surface area contributed by atoms with Crippen LogP contribution in [0.3, 0.4) is 0 Å². The van der Waals surface area contributed by atoms with Gasteiger partial charge >= 0.3 is 0 Å². The smallest absolute Gasteiger partial charge is 0.275 e. The van der Waals surface area contributed by atoms with Crippen LogP contribution in [-0.2, 0) is 13.1 Å². The molecule has 0 radical (unpaired) electrons. The number of hydrogen-bond donors (Lipinski definition) is 1. The molecule has 0 saturated carbocycles. The van der Waals surface area contributed by atoms with Gasteiger partial charge in [-0.25, -0.2) is 0 Å². The molecule has 0 aliphatic rings. The van der Waals surface area contributed by atoms with E-state index in [2.05, 4.69) is 28.2 Å². The van der Waals surface area contributed by atoms with E-state index < -0.39 is 0 Å². The van der Waals surface area contributed by atoms with Gasteiger partial charge in [-0.05, 0) is 43.2 Å². The quantitative estimate of drug-likeness (QED) is 0.785. The maximum atomic E-state index is 12.9. The molecule has 5 heteroatoms. The molecule has 0 saturated heterocycles. The number of aryl methyl sites for hydroxylation is 2. The van der Waals surface area contributed by atoms with Crippen LogP contribution in [0.25, 0.3) is 0 Å². The number of nitrogens with one attached hydrogen (secondary N) is 1. The lowest BCUT2D eigenvalue weighted by molar-refractivity contribution is 0.0721. The van der Waals surface area contributed by atoms with Crippen molar-refractivity contribution in [2.45, 2.75) is 26.9 Å². The van der Waals surface area contributed by atoms with Gasteiger partial charge in [0.1, 0.15) is 5.69 Å². The van der Waals surface area contributed by atoms with Crippen molar-refractivity contribution in [2.75, 3.05) is 0 Å². The molecule has 0 unspecified atom stereocenters. The second kappa shape index (κ2) is 7.08. The molecule has 1 N–H and O–H groups in total. The standard InChI is InChI=1S/C19H20N4O/c1-14-7-3-4-8-16(14)12-23(13-17-9-5-6-10-20-17)19(24)18-11-15(2)21-22-18/h3-11H,12-13H2,1-2H3,(H,21,22). The molecule has 0 aliphatic carbocycles. The van der Waals surface area contributed by atoms with Gasteiger partial charge in [0.15, 0.2) is 0 Å². The van der Waals surface area contributed by atoms with E-state index in [1.807, 2.05) is 43.3 Å². The zero-order valence-corrected chi connectivity index (χ0v) is 13.9. The van der Waals surface area contributed by atoms with Gasteiger partial charge in [0.25, 0.3) is 5.91 Å². The number of aromatic amines is 1. The second-order valence-corrected chi connectivity index (χ2v) is 5.84. The fraction of sp³-hybridized carbons (Fsp3) is 0.211. The highest BCUT2D eigenvalue weighted by Crippen LogP contribution is 2.15. The molecule has 0 fully saturated rings. The summed E-state index contributed by atoms with van der Waals surface area (Å²) in [5.74, 6) is -0.103. The number of carbonyl (C=O) groups excluding carboxylic acids is 1. The summed E-state index contributed by atoms with van der Waals surface area (Å²) in [5, 5.41) is 6.94. The van der Waals surface area contributed by atoms with Gasteiger partial charge in [-0.15, -0.1) is 0 Å². The minimum Gasteiger partial charge on any atom is -0.327 e. The molecule has 1 amide bonds. The minimum atomic E-state index is -0.103. The van der Waals surface area contributed by atoms with Crippen LogP contribution in [-0.4, -0.2) is 26.0 Å². The van der Waals surface area contributed by atoms with Crippen molar-refractivity contribution in [3.63, 3.8) is 0 Å². The molecular formula is C19H20N4O. The Bertz CT molecular complexity index is 826. The minimum absolute atomic E-state index is 0.103. The highest BCUT2D eigenvalue weighted by molar-refractivity contribution is 5.92. The van der Waals surface area contributed by atoms with Crippen LogP contribution < -0.4 is 0 Å². The molecular weight excluding hydrogens is 300 g/mol. The number of benzene rings is 1. The number of aromatic nitrogens is 3. The summed E-state index contributed by atoms with van der Waals surface area (Å²) in [6.07, 6.45) is 1.74. The predicted molar refractivity (Wildman–Crippen MR) is 92.3 cm³/mol. The number of hydrogen-bond acceptors (Lipinski definition) is 3. The van der Waals surface area contributed by atoms with Crippen molar-refractivity contribution >= 4 is 5.91 Å². The molecule has 3 aromatic rings. The number of pyridine rings is 1. The third-order valence-electron chi connectivity index (χ3n) is 3.91.